The van der Waals surface area contributed by atoms with Gasteiger partial charge < -0.3 is 4.42 Å². The molecule has 0 bridgehead atoms. The minimum atomic E-state index is -0.494. The molecule has 2 amide bonds. The fraction of sp³-hybridized carbons (Fsp3) is 0.211. The van der Waals surface area contributed by atoms with Crippen molar-refractivity contribution in [1.82, 2.24) is 20.6 Å². The highest BCUT2D eigenvalue weighted by molar-refractivity contribution is 6.00. The second kappa shape index (κ2) is 7.45. The van der Waals surface area contributed by atoms with Crippen molar-refractivity contribution >= 4 is 11.8 Å². The lowest BCUT2D eigenvalue weighted by molar-refractivity contribution is 0.0845. The van der Waals surface area contributed by atoms with Crippen LogP contribution in [0, 0.1) is 19.7 Å². The van der Waals surface area contributed by atoms with Crippen LogP contribution in [0.3, 0.4) is 0 Å². The molecule has 0 aliphatic carbocycles. The average molecular weight is 370 g/mol. The molecular formula is C19H19FN4O3. The lowest BCUT2D eigenvalue weighted by Crippen LogP contribution is -2.42. The van der Waals surface area contributed by atoms with E-state index in [-0.39, 0.29) is 5.82 Å². The van der Waals surface area contributed by atoms with Gasteiger partial charge in [0.05, 0.1) is 28.7 Å². The van der Waals surface area contributed by atoms with Gasteiger partial charge in [-0.05, 0) is 50.6 Å². The summed E-state index contributed by atoms with van der Waals surface area (Å²) in [6.45, 7) is 5.29. The summed E-state index contributed by atoms with van der Waals surface area (Å²) in [5.74, 6) is -0.238. The van der Waals surface area contributed by atoms with Gasteiger partial charge in [-0.3, -0.25) is 20.4 Å². The van der Waals surface area contributed by atoms with Gasteiger partial charge in [0.2, 0.25) is 0 Å². The summed E-state index contributed by atoms with van der Waals surface area (Å²) < 4.78 is 20.0. The zero-order valence-electron chi connectivity index (χ0n) is 15.2. The van der Waals surface area contributed by atoms with Gasteiger partial charge in [-0.1, -0.05) is 6.92 Å². The molecule has 0 spiro atoms. The first-order valence-corrected chi connectivity index (χ1v) is 8.41. The predicted octanol–water partition coefficient (Wildman–Crippen LogP) is 2.86. The molecule has 2 aromatic heterocycles. The topological polar surface area (TPSA) is 89.2 Å². The summed E-state index contributed by atoms with van der Waals surface area (Å²) in [5.41, 5.74) is 6.72. The number of carbonyl (C=O) groups excluding carboxylic acids is 2. The van der Waals surface area contributed by atoms with Crippen LogP contribution in [0.1, 0.15) is 44.9 Å². The maximum atomic E-state index is 13.1. The van der Waals surface area contributed by atoms with Crippen LogP contribution in [0.5, 0.6) is 0 Å². The maximum absolute atomic E-state index is 13.1. The monoisotopic (exact) mass is 370 g/mol. The van der Waals surface area contributed by atoms with Crippen molar-refractivity contribution in [2.45, 2.75) is 27.2 Å². The molecule has 3 rings (SSSR count). The summed E-state index contributed by atoms with van der Waals surface area (Å²) in [4.78, 5) is 24.7. The molecule has 0 saturated carbocycles. The van der Waals surface area contributed by atoms with E-state index in [9.17, 15) is 14.0 Å². The SMILES string of the molecule is CCc1c(C(=O)NNC(=O)c2cc(C)oc2C)cnn1-c1ccc(F)cc1. The van der Waals surface area contributed by atoms with Gasteiger partial charge in [0.1, 0.15) is 17.3 Å². The molecule has 0 atom stereocenters. The minimum absolute atomic E-state index is 0.322. The van der Waals surface area contributed by atoms with E-state index in [0.29, 0.717) is 40.4 Å². The van der Waals surface area contributed by atoms with Crippen molar-refractivity contribution in [1.29, 1.82) is 0 Å². The van der Waals surface area contributed by atoms with E-state index in [2.05, 4.69) is 16.0 Å². The Kier molecular flexibility index (Phi) is 5.07. The van der Waals surface area contributed by atoms with E-state index in [1.165, 1.54) is 18.3 Å². The Bertz CT molecular complexity index is 989. The first-order chi connectivity index (χ1) is 12.9. The molecule has 27 heavy (non-hydrogen) atoms. The molecule has 3 aromatic rings. The third-order valence-corrected chi connectivity index (χ3v) is 4.09. The molecule has 8 heteroatoms. The van der Waals surface area contributed by atoms with E-state index in [4.69, 9.17) is 4.42 Å². The highest BCUT2D eigenvalue weighted by Gasteiger charge is 2.19. The lowest BCUT2D eigenvalue weighted by Gasteiger charge is -2.09. The Morgan fingerprint density at radius 3 is 2.30 bits per heavy atom. The smallest absolute Gasteiger partial charge is 0.273 e. The molecule has 0 aliphatic rings. The molecular weight excluding hydrogens is 351 g/mol. The Balaban J connectivity index is 1.76. The third-order valence-electron chi connectivity index (χ3n) is 4.09. The number of nitrogens with one attached hydrogen (secondary N) is 2. The van der Waals surface area contributed by atoms with Crippen molar-refractivity contribution in [3.63, 3.8) is 0 Å². The van der Waals surface area contributed by atoms with E-state index in [0.717, 1.165) is 0 Å². The zero-order valence-corrected chi connectivity index (χ0v) is 15.2. The van der Waals surface area contributed by atoms with Crippen LogP contribution in [0.2, 0.25) is 0 Å². The fourth-order valence-electron chi connectivity index (χ4n) is 2.81. The van der Waals surface area contributed by atoms with Crippen LogP contribution in [-0.2, 0) is 6.42 Å². The molecule has 140 valence electrons. The van der Waals surface area contributed by atoms with E-state index in [1.54, 1.807) is 36.7 Å². The van der Waals surface area contributed by atoms with Crippen molar-refractivity contribution in [3.05, 3.63) is 70.7 Å². The molecule has 0 fully saturated rings. The molecule has 0 radical (unpaired) electrons. The number of aryl methyl sites for hydroxylation is 2. The second-order valence-corrected chi connectivity index (χ2v) is 5.98. The Morgan fingerprint density at radius 2 is 1.74 bits per heavy atom. The number of hydrazine groups is 1. The second-order valence-electron chi connectivity index (χ2n) is 5.98. The first-order valence-electron chi connectivity index (χ1n) is 8.41. The quantitative estimate of drug-likeness (QED) is 0.691. The summed E-state index contributed by atoms with van der Waals surface area (Å²) in [6, 6.07) is 7.40. The highest BCUT2D eigenvalue weighted by atomic mass is 19.1. The highest BCUT2D eigenvalue weighted by Crippen LogP contribution is 2.17. The maximum Gasteiger partial charge on any atom is 0.273 e. The van der Waals surface area contributed by atoms with E-state index < -0.39 is 11.8 Å². The number of nitrogens with zero attached hydrogens (tertiary/aromatic N) is 2. The summed E-state index contributed by atoms with van der Waals surface area (Å²) in [7, 11) is 0. The number of halogens is 1. The van der Waals surface area contributed by atoms with Crippen molar-refractivity contribution in [2.24, 2.45) is 0 Å². The first kappa shape index (κ1) is 18.4. The number of furan rings is 1. The fourth-order valence-corrected chi connectivity index (χ4v) is 2.81. The summed E-state index contributed by atoms with van der Waals surface area (Å²) in [6.07, 6.45) is 1.94. The molecule has 2 heterocycles. The average Bonchev–Trinajstić information content (AvgIpc) is 3.22. The number of hydrogen-bond acceptors (Lipinski definition) is 4. The van der Waals surface area contributed by atoms with Gasteiger partial charge >= 0.3 is 0 Å². The van der Waals surface area contributed by atoms with Crippen molar-refractivity contribution in [3.8, 4) is 5.69 Å². The largest absolute Gasteiger partial charge is 0.466 e. The number of aromatic nitrogens is 2. The van der Waals surface area contributed by atoms with Gasteiger partial charge in [-0.15, -0.1) is 0 Å². The normalized spacial score (nSPS) is 10.7. The number of carbonyl (C=O) groups is 2. The minimum Gasteiger partial charge on any atom is -0.466 e. The standard InChI is InChI=1S/C19H19FN4O3/c1-4-17-16(10-21-24(17)14-7-5-13(20)6-8-14)19(26)23-22-18(25)15-9-11(2)27-12(15)3/h5-10H,4H2,1-3H3,(H,22,25)(H,23,26). The Hall–Kier alpha value is -3.42. The van der Waals surface area contributed by atoms with Gasteiger partial charge in [-0.25, -0.2) is 9.07 Å². The summed E-state index contributed by atoms with van der Waals surface area (Å²) in [5, 5.41) is 4.22. The van der Waals surface area contributed by atoms with E-state index in [1.807, 2.05) is 6.92 Å². The summed E-state index contributed by atoms with van der Waals surface area (Å²) >= 11 is 0. The lowest BCUT2D eigenvalue weighted by atomic mass is 10.2. The van der Waals surface area contributed by atoms with Crippen LogP contribution >= 0.6 is 0 Å². The van der Waals surface area contributed by atoms with Gasteiger partial charge in [0.15, 0.2) is 0 Å². The zero-order chi connectivity index (χ0) is 19.6. The molecule has 0 saturated heterocycles. The van der Waals surface area contributed by atoms with Crippen LogP contribution in [0.25, 0.3) is 5.69 Å². The predicted molar refractivity (Wildman–Crippen MR) is 96.0 cm³/mol. The molecule has 7 nitrogen and oxygen atoms in total. The molecule has 0 unspecified atom stereocenters. The van der Waals surface area contributed by atoms with Crippen molar-refractivity contribution in [2.75, 3.05) is 0 Å². The molecule has 0 aliphatic heterocycles. The van der Waals surface area contributed by atoms with Crippen LogP contribution in [-0.4, -0.2) is 21.6 Å². The van der Waals surface area contributed by atoms with Crippen LogP contribution in [0.15, 0.2) is 40.9 Å². The molecule has 1 aromatic carbocycles. The number of rotatable bonds is 4. The van der Waals surface area contributed by atoms with Crippen LogP contribution < -0.4 is 10.9 Å². The van der Waals surface area contributed by atoms with Gasteiger partial charge in [-0.2, -0.15) is 5.10 Å². The van der Waals surface area contributed by atoms with Crippen LogP contribution in [0.4, 0.5) is 4.39 Å². The van der Waals surface area contributed by atoms with Gasteiger partial charge in [0.25, 0.3) is 11.8 Å². The Labute approximate surface area is 155 Å². The number of amides is 2. The molecule has 2 N–H and O–H groups in total. The number of hydrogen-bond donors (Lipinski definition) is 2. The van der Waals surface area contributed by atoms with E-state index >= 15 is 0 Å². The van der Waals surface area contributed by atoms with Crippen molar-refractivity contribution < 1.29 is 18.4 Å². The Morgan fingerprint density at radius 1 is 1.11 bits per heavy atom. The van der Waals surface area contributed by atoms with Gasteiger partial charge in [0, 0.05) is 0 Å². The number of benzene rings is 1. The third kappa shape index (κ3) is 3.74.